The lowest BCUT2D eigenvalue weighted by molar-refractivity contribution is 0.486. The third-order valence-corrected chi connectivity index (χ3v) is 6.35. The van der Waals surface area contributed by atoms with Crippen molar-refractivity contribution in [1.29, 1.82) is 5.26 Å². The molecule has 142 valence electrons. The van der Waals surface area contributed by atoms with E-state index in [0.717, 1.165) is 21.0 Å². The van der Waals surface area contributed by atoms with Gasteiger partial charge < -0.3 is 4.18 Å². The van der Waals surface area contributed by atoms with Crippen LogP contribution in [0.5, 0.6) is 5.75 Å². The zero-order valence-electron chi connectivity index (χ0n) is 14.9. The van der Waals surface area contributed by atoms with Gasteiger partial charge in [0.1, 0.15) is 15.7 Å². The van der Waals surface area contributed by atoms with Gasteiger partial charge in [0.25, 0.3) is 0 Å². The van der Waals surface area contributed by atoms with E-state index in [4.69, 9.17) is 9.44 Å². The molecule has 6 nitrogen and oxygen atoms in total. The van der Waals surface area contributed by atoms with Crippen LogP contribution in [0.4, 0.5) is 0 Å². The third kappa shape index (κ3) is 4.16. The Kier molecular flexibility index (Phi) is 5.08. The Balaban J connectivity index is 1.54. The number of benzene rings is 2. The molecule has 0 N–H and O–H groups in total. The standard InChI is InChI=1S/C21H13N3O3S2/c22-12-15-3-1-5-19(11-15)29(25,26)27-18-8-6-16(7-9-18)20-14-24-21(28-20)17-4-2-10-23-13-17/h1-11,13-14H. The number of rotatable bonds is 5. The van der Waals surface area contributed by atoms with E-state index in [1.54, 1.807) is 42.9 Å². The van der Waals surface area contributed by atoms with E-state index >= 15 is 0 Å². The largest absolute Gasteiger partial charge is 0.379 e. The minimum absolute atomic E-state index is 0.0656. The topological polar surface area (TPSA) is 92.9 Å². The van der Waals surface area contributed by atoms with Crippen molar-refractivity contribution in [1.82, 2.24) is 9.97 Å². The molecule has 2 aromatic carbocycles. The van der Waals surface area contributed by atoms with Gasteiger partial charge in [-0.1, -0.05) is 6.07 Å². The summed E-state index contributed by atoms with van der Waals surface area (Å²) >= 11 is 1.52. The van der Waals surface area contributed by atoms with Crippen molar-refractivity contribution in [3.05, 3.63) is 84.8 Å². The van der Waals surface area contributed by atoms with Crippen molar-refractivity contribution < 1.29 is 12.6 Å². The van der Waals surface area contributed by atoms with Crippen molar-refractivity contribution >= 4 is 21.5 Å². The number of nitriles is 1. The maximum absolute atomic E-state index is 12.4. The molecule has 0 unspecified atom stereocenters. The van der Waals surface area contributed by atoms with Crippen LogP contribution in [-0.4, -0.2) is 18.4 Å². The Bertz CT molecular complexity index is 1290. The van der Waals surface area contributed by atoms with Gasteiger partial charge in [0, 0.05) is 24.2 Å². The second-order valence-corrected chi connectivity index (χ2v) is 8.55. The van der Waals surface area contributed by atoms with Gasteiger partial charge in [0.05, 0.1) is 16.5 Å². The molecular formula is C21H13N3O3S2. The second-order valence-electron chi connectivity index (χ2n) is 5.97. The Hall–Kier alpha value is -3.54. The number of nitrogens with zero attached hydrogens (tertiary/aromatic N) is 3. The fourth-order valence-electron chi connectivity index (χ4n) is 2.60. The van der Waals surface area contributed by atoms with Gasteiger partial charge in [-0.25, -0.2) is 4.98 Å². The summed E-state index contributed by atoms with van der Waals surface area (Å²) in [6.45, 7) is 0. The predicted molar refractivity (Wildman–Crippen MR) is 110 cm³/mol. The van der Waals surface area contributed by atoms with Crippen LogP contribution in [-0.2, 0) is 10.1 Å². The summed E-state index contributed by atoms with van der Waals surface area (Å²) in [5.74, 6) is 0.188. The summed E-state index contributed by atoms with van der Waals surface area (Å²) < 4.78 is 30.1. The number of aromatic nitrogens is 2. The fourth-order valence-corrected chi connectivity index (χ4v) is 4.49. The molecule has 0 aliphatic carbocycles. The van der Waals surface area contributed by atoms with Crippen LogP contribution in [0.3, 0.4) is 0 Å². The molecule has 2 heterocycles. The molecule has 0 aliphatic rings. The van der Waals surface area contributed by atoms with E-state index in [2.05, 4.69) is 9.97 Å². The summed E-state index contributed by atoms with van der Waals surface area (Å²) in [7, 11) is -4.02. The highest BCUT2D eigenvalue weighted by atomic mass is 32.2. The van der Waals surface area contributed by atoms with Gasteiger partial charge in [-0.15, -0.1) is 11.3 Å². The molecule has 0 saturated heterocycles. The zero-order valence-corrected chi connectivity index (χ0v) is 16.5. The Morgan fingerprint density at radius 3 is 2.52 bits per heavy atom. The average molecular weight is 419 g/mol. The van der Waals surface area contributed by atoms with Crippen molar-refractivity contribution in [3.8, 4) is 32.8 Å². The highest BCUT2D eigenvalue weighted by molar-refractivity contribution is 7.87. The number of hydrogen-bond acceptors (Lipinski definition) is 7. The van der Waals surface area contributed by atoms with E-state index in [-0.39, 0.29) is 16.2 Å². The monoisotopic (exact) mass is 419 g/mol. The maximum atomic E-state index is 12.4. The molecule has 0 spiro atoms. The Labute approximate surface area is 171 Å². The third-order valence-electron chi connectivity index (χ3n) is 4.01. The molecule has 0 radical (unpaired) electrons. The first-order valence-corrected chi connectivity index (χ1v) is 10.7. The van der Waals surface area contributed by atoms with Gasteiger partial charge in [-0.2, -0.15) is 13.7 Å². The summed E-state index contributed by atoms with van der Waals surface area (Å²) in [5.41, 5.74) is 2.09. The lowest BCUT2D eigenvalue weighted by Gasteiger charge is -2.07. The quantitative estimate of drug-likeness (QED) is 0.442. The van der Waals surface area contributed by atoms with Crippen LogP contribution in [0.25, 0.3) is 21.0 Å². The molecule has 0 bridgehead atoms. The molecular weight excluding hydrogens is 406 g/mol. The van der Waals surface area contributed by atoms with Crippen LogP contribution in [0.2, 0.25) is 0 Å². The van der Waals surface area contributed by atoms with Crippen LogP contribution in [0, 0.1) is 11.3 Å². The second kappa shape index (κ2) is 7.83. The van der Waals surface area contributed by atoms with Crippen molar-refractivity contribution in [3.63, 3.8) is 0 Å². The molecule has 0 amide bonds. The van der Waals surface area contributed by atoms with Gasteiger partial charge in [0.15, 0.2) is 0 Å². The molecule has 0 atom stereocenters. The highest BCUT2D eigenvalue weighted by Gasteiger charge is 2.17. The van der Waals surface area contributed by atoms with Crippen molar-refractivity contribution in [2.75, 3.05) is 0 Å². The zero-order chi connectivity index (χ0) is 20.3. The van der Waals surface area contributed by atoms with Crippen LogP contribution in [0.1, 0.15) is 5.56 Å². The first kappa shape index (κ1) is 18.8. The summed E-state index contributed by atoms with van der Waals surface area (Å²) in [6.07, 6.45) is 5.24. The molecule has 29 heavy (non-hydrogen) atoms. The number of pyridine rings is 1. The smallest absolute Gasteiger partial charge is 0.339 e. The Morgan fingerprint density at radius 1 is 0.966 bits per heavy atom. The molecule has 0 aliphatic heterocycles. The van der Waals surface area contributed by atoms with Gasteiger partial charge in [-0.05, 0) is 60.2 Å². The van der Waals surface area contributed by atoms with Crippen LogP contribution < -0.4 is 4.18 Å². The molecule has 4 rings (SSSR count). The van der Waals surface area contributed by atoms with Crippen molar-refractivity contribution in [2.45, 2.75) is 4.90 Å². The summed E-state index contributed by atoms with van der Waals surface area (Å²) in [5, 5.41) is 9.79. The molecule has 0 fully saturated rings. The molecule has 4 aromatic rings. The van der Waals surface area contributed by atoms with Crippen LogP contribution >= 0.6 is 11.3 Å². The van der Waals surface area contributed by atoms with Gasteiger partial charge in [-0.3, -0.25) is 4.98 Å². The summed E-state index contributed by atoms with van der Waals surface area (Å²) in [6, 6.07) is 18.1. The molecule has 0 saturated carbocycles. The first-order chi connectivity index (χ1) is 14.0. The van der Waals surface area contributed by atoms with E-state index in [1.807, 2.05) is 18.2 Å². The van der Waals surface area contributed by atoms with Gasteiger partial charge in [0.2, 0.25) is 0 Å². The molecule has 8 heteroatoms. The average Bonchev–Trinajstić information content (AvgIpc) is 3.25. The first-order valence-electron chi connectivity index (χ1n) is 8.46. The number of thiazole rings is 1. The van der Waals surface area contributed by atoms with E-state index in [9.17, 15) is 8.42 Å². The van der Waals surface area contributed by atoms with Crippen molar-refractivity contribution in [2.24, 2.45) is 0 Å². The minimum atomic E-state index is -4.02. The lowest BCUT2D eigenvalue weighted by Crippen LogP contribution is -2.09. The Morgan fingerprint density at radius 2 is 1.79 bits per heavy atom. The van der Waals surface area contributed by atoms with Crippen LogP contribution in [0.15, 0.2) is 84.1 Å². The predicted octanol–water partition coefficient (Wildman–Crippen LogP) is 4.51. The van der Waals surface area contributed by atoms with E-state index in [1.165, 1.54) is 35.6 Å². The lowest BCUT2D eigenvalue weighted by atomic mass is 10.2. The van der Waals surface area contributed by atoms with E-state index < -0.39 is 10.1 Å². The maximum Gasteiger partial charge on any atom is 0.339 e. The highest BCUT2D eigenvalue weighted by Crippen LogP contribution is 2.32. The van der Waals surface area contributed by atoms with Gasteiger partial charge >= 0.3 is 10.1 Å². The normalized spacial score (nSPS) is 11.0. The van der Waals surface area contributed by atoms with E-state index in [0.29, 0.717) is 0 Å². The number of hydrogen-bond donors (Lipinski definition) is 0. The summed E-state index contributed by atoms with van der Waals surface area (Å²) in [4.78, 5) is 9.40. The SMILES string of the molecule is N#Cc1cccc(S(=O)(=O)Oc2ccc(-c3cnc(-c4cccnc4)s3)cc2)c1. The fraction of sp³-hybridized carbons (Fsp3) is 0. The minimum Gasteiger partial charge on any atom is -0.379 e. The molecule has 2 aromatic heterocycles.